The molecular formula is C13H18O2. The summed E-state index contributed by atoms with van der Waals surface area (Å²) < 4.78 is 5.08. The minimum absolute atomic E-state index is 0.669. The van der Waals surface area contributed by atoms with Crippen LogP contribution in [0.25, 0.3) is 0 Å². The number of hydrogen-bond acceptors (Lipinski definition) is 2. The Morgan fingerprint density at radius 3 is 2.80 bits per heavy atom. The lowest BCUT2D eigenvalue weighted by molar-refractivity contribution is -0.107. The van der Waals surface area contributed by atoms with Crippen molar-refractivity contribution >= 4 is 6.29 Å². The Balaban J connectivity index is 2.39. The maximum Gasteiger partial charge on any atom is 0.119 e. The fourth-order valence-corrected chi connectivity index (χ4v) is 1.60. The highest BCUT2D eigenvalue weighted by molar-refractivity contribution is 5.48. The fourth-order valence-electron chi connectivity index (χ4n) is 1.60. The second kappa shape index (κ2) is 7.18. The minimum atomic E-state index is 0.669. The van der Waals surface area contributed by atoms with E-state index in [4.69, 9.17) is 4.74 Å². The normalized spacial score (nSPS) is 10.2. The molecule has 0 aromatic heterocycles. The van der Waals surface area contributed by atoms with Gasteiger partial charge in [0.2, 0.25) is 0 Å². The van der Waals surface area contributed by atoms with Gasteiger partial charge in [-0.05, 0) is 30.4 Å². The van der Waals surface area contributed by atoms with Crippen molar-refractivity contribution in [2.24, 2.45) is 0 Å². The molecular weight excluding hydrogens is 188 g/mol. The van der Waals surface area contributed by atoms with Crippen LogP contribution in [0.15, 0.2) is 24.3 Å². The van der Waals surface area contributed by atoms with Gasteiger partial charge in [0.15, 0.2) is 0 Å². The first-order valence-corrected chi connectivity index (χ1v) is 5.37. The highest BCUT2D eigenvalue weighted by atomic mass is 16.5. The van der Waals surface area contributed by atoms with Crippen LogP contribution in [-0.2, 0) is 22.6 Å². The third-order valence-electron chi connectivity index (χ3n) is 2.34. The number of methoxy groups -OCH3 is 1. The molecule has 82 valence electrons. The van der Waals surface area contributed by atoms with E-state index >= 15 is 0 Å². The Bertz CT molecular complexity index is 294. The van der Waals surface area contributed by atoms with Crippen molar-refractivity contribution in [3.8, 4) is 0 Å². The standard InChI is InChI=1S/C13H18O2/c1-15-11-13-8-5-7-12(10-13)6-3-2-4-9-14/h5,7-10H,2-4,6,11H2,1H3. The molecule has 0 fully saturated rings. The van der Waals surface area contributed by atoms with Gasteiger partial charge in [0.1, 0.15) is 6.29 Å². The van der Waals surface area contributed by atoms with Crippen molar-refractivity contribution in [3.63, 3.8) is 0 Å². The van der Waals surface area contributed by atoms with E-state index in [0.717, 1.165) is 25.5 Å². The number of rotatable bonds is 7. The summed E-state index contributed by atoms with van der Waals surface area (Å²) in [5.41, 5.74) is 2.54. The molecule has 0 amide bonds. The van der Waals surface area contributed by atoms with Crippen LogP contribution < -0.4 is 0 Å². The number of unbranched alkanes of at least 4 members (excludes halogenated alkanes) is 2. The Hall–Kier alpha value is -1.15. The summed E-state index contributed by atoms with van der Waals surface area (Å²) >= 11 is 0. The van der Waals surface area contributed by atoms with E-state index in [2.05, 4.69) is 24.3 Å². The number of ether oxygens (including phenoxy) is 1. The summed E-state index contributed by atoms with van der Waals surface area (Å²) in [4.78, 5) is 10.1. The van der Waals surface area contributed by atoms with Crippen LogP contribution in [0.4, 0.5) is 0 Å². The van der Waals surface area contributed by atoms with Gasteiger partial charge in [-0.15, -0.1) is 0 Å². The molecule has 0 radical (unpaired) electrons. The van der Waals surface area contributed by atoms with Crippen LogP contribution >= 0.6 is 0 Å². The minimum Gasteiger partial charge on any atom is -0.380 e. The Labute approximate surface area is 91.3 Å². The predicted octanol–water partition coefficient (Wildman–Crippen LogP) is 2.74. The number of aldehydes is 1. The molecule has 0 saturated heterocycles. The first-order chi connectivity index (χ1) is 7.36. The third kappa shape index (κ3) is 4.75. The van der Waals surface area contributed by atoms with Crippen LogP contribution in [-0.4, -0.2) is 13.4 Å². The van der Waals surface area contributed by atoms with Gasteiger partial charge in [-0.1, -0.05) is 24.3 Å². The van der Waals surface area contributed by atoms with Gasteiger partial charge >= 0.3 is 0 Å². The van der Waals surface area contributed by atoms with Gasteiger partial charge in [-0.2, -0.15) is 0 Å². The molecule has 0 aliphatic rings. The van der Waals surface area contributed by atoms with Crippen molar-refractivity contribution in [3.05, 3.63) is 35.4 Å². The van der Waals surface area contributed by atoms with E-state index in [1.165, 1.54) is 11.1 Å². The molecule has 15 heavy (non-hydrogen) atoms. The Morgan fingerprint density at radius 2 is 2.07 bits per heavy atom. The van der Waals surface area contributed by atoms with E-state index in [0.29, 0.717) is 13.0 Å². The second-order valence-electron chi connectivity index (χ2n) is 3.67. The van der Waals surface area contributed by atoms with Gasteiger partial charge < -0.3 is 9.53 Å². The van der Waals surface area contributed by atoms with Gasteiger partial charge in [-0.25, -0.2) is 0 Å². The van der Waals surface area contributed by atoms with E-state index < -0.39 is 0 Å². The topological polar surface area (TPSA) is 26.3 Å². The van der Waals surface area contributed by atoms with Crippen molar-refractivity contribution < 1.29 is 9.53 Å². The quantitative estimate of drug-likeness (QED) is 0.506. The zero-order valence-corrected chi connectivity index (χ0v) is 9.24. The highest BCUT2D eigenvalue weighted by Crippen LogP contribution is 2.10. The van der Waals surface area contributed by atoms with Crippen molar-refractivity contribution in [1.82, 2.24) is 0 Å². The fraction of sp³-hybridized carbons (Fsp3) is 0.462. The average Bonchev–Trinajstić information content (AvgIpc) is 2.26. The molecule has 0 aliphatic heterocycles. The lowest BCUT2D eigenvalue weighted by Crippen LogP contribution is -1.91. The first kappa shape index (κ1) is 11.9. The van der Waals surface area contributed by atoms with Crippen LogP contribution in [0.1, 0.15) is 30.4 Å². The van der Waals surface area contributed by atoms with Crippen LogP contribution in [0.3, 0.4) is 0 Å². The number of hydrogen-bond donors (Lipinski definition) is 0. The average molecular weight is 206 g/mol. The molecule has 2 heteroatoms. The number of carbonyl (C=O) groups is 1. The van der Waals surface area contributed by atoms with Crippen LogP contribution in [0, 0.1) is 0 Å². The maximum absolute atomic E-state index is 10.1. The zero-order chi connectivity index (χ0) is 10.9. The molecule has 0 spiro atoms. The smallest absolute Gasteiger partial charge is 0.119 e. The molecule has 0 heterocycles. The Morgan fingerprint density at radius 1 is 1.27 bits per heavy atom. The van der Waals surface area contributed by atoms with Crippen molar-refractivity contribution in [2.45, 2.75) is 32.3 Å². The van der Waals surface area contributed by atoms with E-state index in [9.17, 15) is 4.79 Å². The van der Waals surface area contributed by atoms with Crippen LogP contribution in [0.5, 0.6) is 0 Å². The van der Waals surface area contributed by atoms with E-state index in [-0.39, 0.29) is 0 Å². The molecule has 0 aliphatic carbocycles. The summed E-state index contributed by atoms with van der Waals surface area (Å²) in [6.45, 7) is 0.669. The highest BCUT2D eigenvalue weighted by Gasteiger charge is 1.96. The lowest BCUT2D eigenvalue weighted by atomic mass is 10.0. The molecule has 0 bridgehead atoms. The van der Waals surface area contributed by atoms with Crippen molar-refractivity contribution in [2.75, 3.05) is 7.11 Å². The number of carbonyl (C=O) groups excluding carboxylic acids is 1. The van der Waals surface area contributed by atoms with Crippen molar-refractivity contribution in [1.29, 1.82) is 0 Å². The molecule has 0 atom stereocenters. The molecule has 0 saturated carbocycles. The second-order valence-corrected chi connectivity index (χ2v) is 3.67. The molecule has 1 aromatic rings. The summed E-state index contributed by atoms with van der Waals surface area (Å²) in [5, 5.41) is 0. The first-order valence-electron chi connectivity index (χ1n) is 5.37. The van der Waals surface area contributed by atoms with Gasteiger partial charge in [0, 0.05) is 13.5 Å². The SMILES string of the molecule is COCc1cccc(CCCCC=O)c1. The molecule has 1 aromatic carbocycles. The summed E-state index contributed by atoms with van der Waals surface area (Å²) in [6.07, 6.45) is 4.78. The largest absolute Gasteiger partial charge is 0.380 e. The number of benzene rings is 1. The Kier molecular flexibility index (Phi) is 5.71. The van der Waals surface area contributed by atoms with Gasteiger partial charge in [0.05, 0.1) is 6.61 Å². The number of aryl methyl sites for hydroxylation is 1. The summed E-state index contributed by atoms with van der Waals surface area (Å²) in [7, 11) is 1.71. The monoisotopic (exact) mass is 206 g/mol. The third-order valence-corrected chi connectivity index (χ3v) is 2.34. The van der Waals surface area contributed by atoms with E-state index in [1.807, 2.05) is 0 Å². The van der Waals surface area contributed by atoms with Gasteiger partial charge in [-0.3, -0.25) is 0 Å². The van der Waals surface area contributed by atoms with E-state index in [1.54, 1.807) is 7.11 Å². The van der Waals surface area contributed by atoms with Crippen LogP contribution in [0.2, 0.25) is 0 Å². The molecule has 0 N–H and O–H groups in total. The zero-order valence-electron chi connectivity index (χ0n) is 9.24. The molecule has 0 unspecified atom stereocenters. The maximum atomic E-state index is 10.1. The summed E-state index contributed by atoms with van der Waals surface area (Å²) in [5.74, 6) is 0. The lowest BCUT2D eigenvalue weighted by Gasteiger charge is -2.03. The molecule has 2 nitrogen and oxygen atoms in total. The summed E-state index contributed by atoms with van der Waals surface area (Å²) in [6, 6.07) is 8.42. The molecule has 1 rings (SSSR count). The van der Waals surface area contributed by atoms with Gasteiger partial charge in [0.25, 0.3) is 0 Å². The predicted molar refractivity (Wildman–Crippen MR) is 60.8 cm³/mol.